The fraction of sp³-hybridized carbons (Fsp3) is 0.0645. The molecule has 0 saturated carbocycles. The van der Waals surface area contributed by atoms with Gasteiger partial charge in [0.05, 0.1) is 22.4 Å². The third-order valence-corrected chi connectivity index (χ3v) is 13.3. The monoisotopic (exact) mass is 820 g/mol. The van der Waals surface area contributed by atoms with Gasteiger partial charge in [-0.15, -0.1) is 0 Å². The molecule has 306 valence electrons. The van der Waals surface area contributed by atoms with Crippen LogP contribution in [0.5, 0.6) is 0 Å². The van der Waals surface area contributed by atoms with Gasteiger partial charge < -0.3 is 9.47 Å². The smallest absolute Gasteiger partial charge is 0.0541 e. The summed E-state index contributed by atoms with van der Waals surface area (Å²) in [6.07, 6.45) is 6.42. The van der Waals surface area contributed by atoms with Gasteiger partial charge in [0, 0.05) is 38.7 Å². The zero-order chi connectivity index (χ0) is 43.4. The fourth-order valence-corrected chi connectivity index (χ4v) is 10.4. The first-order valence-electron chi connectivity index (χ1n) is 22.3. The van der Waals surface area contributed by atoms with E-state index >= 15 is 0 Å². The number of nitrogens with zero attached hydrogens (tertiary/aromatic N) is 2. The lowest BCUT2D eigenvalue weighted by Crippen LogP contribution is -2.20. The summed E-state index contributed by atoms with van der Waals surface area (Å²) >= 11 is 0. The van der Waals surface area contributed by atoms with E-state index in [-0.39, 0.29) is 5.41 Å². The van der Waals surface area contributed by atoms with E-state index in [1.165, 1.54) is 71.5 Å². The van der Waals surface area contributed by atoms with Gasteiger partial charge in [-0.3, -0.25) is 0 Å². The summed E-state index contributed by atoms with van der Waals surface area (Å²) < 4.78 is 2.38. The van der Waals surface area contributed by atoms with E-state index in [0.717, 1.165) is 39.5 Å². The standard InChI is InChI=1S/C62H48N2/c1-5-20-47(43-35-37-45(38-36-43)63-58-32-15-11-26-51(58)52-27-12-16-33-59(52)63)57(6-2)64(46-39-40-50-49-25-10-14-31-55(49)62(3,4)56(50)41-46)60-34-17-13-28-53(60)54-30-19-24-44-23-18-29-48(61(44)54)42-21-8-7-9-22-42/h5-41H,2H2,1,3-4H3/b20-5-,57-47-. The van der Waals surface area contributed by atoms with Crippen LogP contribution in [0.4, 0.5) is 11.4 Å². The third kappa shape index (κ3) is 6.25. The predicted molar refractivity (Wildman–Crippen MR) is 274 cm³/mol. The van der Waals surface area contributed by atoms with E-state index in [0.29, 0.717) is 0 Å². The third-order valence-electron chi connectivity index (χ3n) is 13.3. The molecule has 1 aliphatic carbocycles. The van der Waals surface area contributed by atoms with Crippen LogP contribution in [0.2, 0.25) is 0 Å². The molecule has 10 aromatic rings. The molecule has 11 rings (SSSR count). The normalized spacial score (nSPS) is 13.3. The maximum atomic E-state index is 4.59. The van der Waals surface area contributed by atoms with E-state index in [4.69, 9.17) is 0 Å². The van der Waals surface area contributed by atoms with Gasteiger partial charge >= 0.3 is 0 Å². The number of fused-ring (bicyclic) bond motifs is 7. The summed E-state index contributed by atoms with van der Waals surface area (Å²) in [5.74, 6) is 0. The van der Waals surface area contributed by atoms with Gasteiger partial charge in [-0.05, 0) is 111 Å². The minimum atomic E-state index is -0.180. The molecule has 0 atom stereocenters. The lowest BCUT2D eigenvalue weighted by Gasteiger charge is -2.32. The second-order valence-electron chi connectivity index (χ2n) is 17.2. The molecule has 0 unspecified atom stereocenters. The summed E-state index contributed by atoms with van der Waals surface area (Å²) in [6.45, 7) is 11.4. The topological polar surface area (TPSA) is 8.17 Å². The molecule has 0 N–H and O–H groups in total. The minimum absolute atomic E-state index is 0.180. The minimum Gasteiger partial charge on any atom is -0.309 e. The van der Waals surface area contributed by atoms with Crippen molar-refractivity contribution in [2.24, 2.45) is 0 Å². The van der Waals surface area contributed by atoms with Crippen LogP contribution >= 0.6 is 0 Å². The second kappa shape index (κ2) is 15.8. The molecule has 0 saturated heterocycles. The number of para-hydroxylation sites is 3. The number of allylic oxidation sites excluding steroid dienone is 4. The van der Waals surface area contributed by atoms with Gasteiger partial charge in [0.15, 0.2) is 0 Å². The van der Waals surface area contributed by atoms with Crippen molar-refractivity contribution < 1.29 is 0 Å². The average molecular weight is 821 g/mol. The Bertz CT molecular complexity index is 3430. The lowest BCUT2D eigenvalue weighted by molar-refractivity contribution is 0.660. The quantitative estimate of drug-likeness (QED) is 0.132. The predicted octanol–water partition coefficient (Wildman–Crippen LogP) is 16.9. The molecule has 0 spiro atoms. The highest BCUT2D eigenvalue weighted by Gasteiger charge is 2.36. The number of rotatable bonds is 9. The molecular weight excluding hydrogens is 773 g/mol. The summed E-state index contributed by atoms with van der Waals surface area (Å²) in [6, 6.07) is 75.4. The van der Waals surface area contributed by atoms with Crippen LogP contribution in [0.25, 0.3) is 77.2 Å². The second-order valence-corrected chi connectivity index (χ2v) is 17.2. The van der Waals surface area contributed by atoms with Crippen LogP contribution in [0.15, 0.2) is 237 Å². The Morgan fingerprint density at radius 2 is 1.12 bits per heavy atom. The van der Waals surface area contributed by atoms with Crippen molar-refractivity contribution in [1.82, 2.24) is 4.57 Å². The first kappa shape index (κ1) is 38.9. The number of hydrogen-bond acceptors (Lipinski definition) is 1. The van der Waals surface area contributed by atoms with E-state index in [1.54, 1.807) is 0 Å². The van der Waals surface area contributed by atoms with E-state index < -0.39 is 0 Å². The highest BCUT2D eigenvalue weighted by atomic mass is 15.2. The number of aromatic nitrogens is 1. The maximum Gasteiger partial charge on any atom is 0.0541 e. The zero-order valence-corrected chi connectivity index (χ0v) is 36.5. The van der Waals surface area contributed by atoms with Crippen molar-refractivity contribution in [3.63, 3.8) is 0 Å². The van der Waals surface area contributed by atoms with Crippen molar-refractivity contribution in [1.29, 1.82) is 0 Å². The summed E-state index contributed by atoms with van der Waals surface area (Å²) in [5.41, 5.74) is 18.6. The highest BCUT2D eigenvalue weighted by Crippen LogP contribution is 2.51. The Hall–Kier alpha value is -7.94. The van der Waals surface area contributed by atoms with Crippen LogP contribution in [0, 0.1) is 0 Å². The maximum absolute atomic E-state index is 4.59. The van der Waals surface area contributed by atoms with Gasteiger partial charge in [0.1, 0.15) is 0 Å². The van der Waals surface area contributed by atoms with Crippen LogP contribution in [0.1, 0.15) is 37.5 Å². The van der Waals surface area contributed by atoms with Crippen molar-refractivity contribution in [2.75, 3.05) is 4.90 Å². The molecule has 64 heavy (non-hydrogen) atoms. The van der Waals surface area contributed by atoms with Crippen molar-refractivity contribution in [3.8, 4) is 39.1 Å². The number of benzene rings is 9. The van der Waals surface area contributed by atoms with Gasteiger partial charge in [0.25, 0.3) is 0 Å². The molecule has 0 amide bonds. The van der Waals surface area contributed by atoms with Crippen LogP contribution in [-0.2, 0) is 5.41 Å². The SMILES string of the molecule is C=C/C(=C(\C=C/C)c1ccc(-n2c3ccccc3c3ccccc32)cc1)N(c1ccc2c(c1)C(C)(C)c1ccccc1-2)c1ccccc1-c1cccc2cccc(-c3ccccc3)c12. The molecule has 2 nitrogen and oxygen atoms in total. The Balaban J connectivity index is 1.15. The molecule has 0 bridgehead atoms. The van der Waals surface area contributed by atoms with Gasteiger partial charge in [-0.2, -0.15) is 0 Å². The van der Waals surface area contributed by atoms with Gasteiger partial charge in [0.2, 0.25) is 0 Å². The van der Waals surface area contributed by atoms with E-state index in [2.05, 4.69) is 255 Å². The first-order valence-corrected chi connectivity index (χ1v) is 22.3. The van der Waals surface area contributed by atoms with Crippen molar-refractivity contribution in [3.05, 3.63) is 253 Å². The molecule has 1 aromatic heterocycles. The van der Waals surface area contributed by atoms with Crippen molar-refractivity contribution in [2.45, 2.75) is 26.2 Å². The molecule has 1 heterocycles. The first-order chi connectivity index (χ1) is 31.5. The van der Waals surface area contributed by atoms with Crippen LogP contribution in [0.3, 0.4) is 0 Å². The van der Waals surface area contributed by atoms with Crippen LogP contribution < -0.4 is 4.90 Å². The highest BCUT2D eigenvalue weighted by molar-refractivity contribution is 6.10. The molecule has 1 aliphatic rings. The van der Waals surface area contributed by atoms with Gasteiger partial charge in [-0.25, -0.2) is 0 Å². The Kier molecular flexibility index (Phi) is 9.59. The summed E-state index contributed by atoms with van der Waals surface area (Å²) in [7, 11) is 0. The molecule has 9 aromatic carbocycles. The number of hydrogen-bond donors (Lipinski definition) is 0. The van der Waals surface area contributed by atoms with Crippen molar-refractivity contribution >= 4 is 49.5 Å². The summed E-state index contributed by atoms with van der Waals surface area (Å²) in [5, 5.41) is 4.94. The Labute approximate surface area is 376 Å². The average Bonchev–Trinajstić information content (AvgIpc) is 3.80. The Morgan fingerprint density at radius 1 is 0.531 bits per heavy atom. The number of anilines is 2. The van der Waals surface area contributed by atoms with Gasteiger partial charge in [-0.1, -0.05) is 196 Å². The van der Waals surface area contributed by atoms with E-state index in [9.17, 15) is 0 Å². The molecule has 0 radical (unpaired) electrons. The van der Waals surface area contributed by atoms with Crippen LogP contribution in [-0.4, -0.2) is 4.57 Å². The molecule has 0 fully saturated rings. The molecule has 2 heteroatoms. The lowest BCUT2D eigenvalue weighted by atomic mass is 9.82. The Morgan fingerprint density at radius 3 is 1.83 bits per heavy atom. The van der Waals surface area contributed by atoms with E-state index in [1.807, 2.05) is 6.08 Å². The largest absolute Gasteiger partial charge is 0.309 e. The zero-order valence-electron chi connectivity index (χ0n) is 36.5. The molecule has 0 aliphatic heterocycles. The molecular formula is C62H48N2. The fourth-order valence-electron chi connectivity index (χ4n) is 10.4. The summed E-state index contributed by atoms with van der Waals surface area (Å²) in [4.78, 5) is 2.45.